The fourth-order valence-corrected chi connectivity index (χ4v) is 3.83. The van der Waals surface area contributed by atoms with E-state index in [1.165, 1.54) is 11.8 Å². The van der Waals surface area contributed by atoms with Gasteiger partial charge in [0.25, 0.3) is 0 Å². The average molecular weight is 330 g/mol. The van der Waals surface area contributed by atoms with Crippen molar-refractivity contribution in [1.82, 2.24) is 19.8 Å². The normalized spacial score (nSPS) is 17.4. The minimum absolute atomic E-state index is 0.138. The molecule has 1 aromatic heterocycles. The first kappa shape index (κ1) is 16.2. The maximum atomic E-state index is 12.7. The van der Waals surface area contributed by atoms with Crippen molar-refractivity contribution >= 4 is 28.6 Å². The van der Waals surface area contributed by atoms with E-state index in [1.807, 2.05) is 36.1 Å². The molecule has 0 unspecified atom stereocenters. The highest BCUT2D eigenvalue weighted by Crippen LogP contribution is 2.28. The summed E-state index contributed by atoms with van der Waals surface area (Å²) in [5.74, 6) is 0.202. The summed E-state index contributed by atoms with van der Waals surface area (Å²) in [7, 11) is 0. The number of aromatic nitrogens is 2. The van der Waals surface area contributed by atoms with Gasteiger partial charge in [0.2, 0.25) is 5.91 Å². The average Bonchev–Trinajstić information content (AvgIpc) is 2.61. The van der Waals surface area contributed by atoms with Crippen LogP contribution in [0.25, 0.3) is 10.9 Å². The van der Waals surface area contributed by atoms with E-state index in [0.717, 1.165) is 48.7 Å². The van der Waals surface area contributed by atoms with Crippen molar-refractivity contribution in [3.05, 3.63) is 30.6 Å². The molecule has 1 aliphatic heterocycles. The highest BCUT2D eigenvalue weighted by atomic mass is 32.2. The Hall–Kier alpha value is -1.66. The standard InChI is InChI=1S/C17H22N4OS/c1-3-20-8-10-21(11-9-20)17(22)13(2)23-16-14-6-4-5-7-15(14)18-12-19-16/h4-7,12-13H,3,8-11H2,1-2H3/t13-/m0/s1. The van der Waals surface area contributed by atoms with Gasteiger partial charge in [-0.1, -0.05) is 36.9 Å². The largest absolute Gasteiger partial charge is 0.339 e. The molecule has 0 aliphatic carbocycles. The second-order valence-electron chi connectivity index (χ2n) is 5.72. The third-order valence-corrected chi connectivity index (χ3v) is 5.38. The van der Waals surface area contributed by atoms with Crippen molar-refractivity contribution in [2.24, 2.45) is 0 Å². The Bertz CT molecular complexity index is 680. The molecule has 0 bridgehead atoms. The molecular formula is C17H22N4OS. The Labute approximate surface area is 141 Å². The number of carbonyl (C=O) groups is 1. The zero-order valence-corrected chi connectivity index (χ0v) is 14.4. The molecule has 0 spiro atoms. The number of fused-ring (bicyclic) bond motifs is 1. The van der Waals surface area contributed by atoms with Crippen LogP contribution >= 0.6 is 11.8 Å². The van der Waals surface area contributed by atoms with Crippen LogP contribution in [0, 0.1) is 0 Å². The van der Waals surface area contributed by atoms with E-state index in [0.29, 0.717) is 0 Å². The van der Waals surface area contributed by atoms with E-state index in [1.54, 1.807) is 6.33 Å². The van der Waals surface area contributed by atoms with Gasteiger partial charge >= 0.3 is 0 Å². The third kappa shape index (κ3) is 3.64. The molecule has 1 aliphatic rings. The van der Waals surface area contributed by atoms with Crippen molar-refractivity contribution in [1.29, 1.82) is 0 Å². The highest BCUT2D eigenvalue weighted by molar-refractivity contribution is 8.00. The monoisotopic (exact) mass is 330 g/mol. The number of thioether (sulfide) groups is 1. The summed E-state index contributed by atoms with van der Waals surface area (Å²) < 4.78 is 0. The summed E-state index contributed by atoms with van der Waals surface area (Å²) in [6.07, 6.45) is 1.57. The lowest BCUT2D eigenvalue weighted by Crippen LogP contribution is -2.50. The van der Waals surface area contributed by atoms with Crippen LogP contribution in [0.3, 0.4) is 0 Å². The Morgan fingerprint density at radius 1 is 1.22 bits per heavy atom. The molecule has 23 heavy (non-hydrogen) atoms. The molecule has 0 N–H and O–H groups in total. The van der Waals surface area contributed by atoms with E-state index in [4.69, 9.17) is 0 Å². The maximum Gasteiger partial charge on any atom is 0.235 e. The molecule has 1 saturated heterocycles. The Morgan fingerprint density at radius 3 is 2.70 bits per heavy atom. The zero-order valence-electron chi connectivity index (χ0n) is 13.6. The van der Waals surface area contributed by atoms with Crippen LogP contribution in [0.5, 0.6) is 0 Å². The smallest absolute Gasteiger partial charge is 0.235 e. The summed E-state index contributed by atoms with van der Waals surface area (Å²) in [4.78, 5) is 25.7. The first-order valence-electron chi connectivity index (χ1n) is 8.06. The summed E-state index contributed by atoms with van der Waals surface area (Å²) >= 11 is 1.53. The Balaban J connectivity index is 1.68. The summed E-state index contributed by atoms with van der Waals surface area (Å²) in [6.45, 7) is 8.77. The lowest BCUT2D eigenvalue weighted by Gasteiger charge is -2.35. The van der Waals surface area contributed by atoms with Crippen molar-refractivity contribution in [3.8, 4) is 0 Å². The van der Waals surface area contributed by atoms with Gasteiger partial charge in [0.15, 0.2) is 0 Å². The van der Waals surface area contributed by atoms with Gasteiger partial charge in [-0.2, -0.15) is 0 Å². The number of likely N-dealkylation sites (N-methyl/N-ethyl adjacent to an activating group) is 1. The minimum Gasteiger partial charge on any atom is -0.339 e. The van der Waals surface area contributed by atoms with Gasteiger partial charge in [0.05, 0.1) is 10.8 Å². The number of nitrogens with zero attached hydrogens (tertiary/aromatic N) is 4. The van der Waals surface area contributed by atoms with Gasteiger partial charge < -0.3 is 9.80 Å². The fraction of sp³-hybridized carbons (Fsp3) is 0.471. The summed E-state index contributed by atoms with van der Waals surface area (Å²) in [5.41, 5.74) is 0.918. The topological polar surface area (TPSA) is 49.3 Å². The van der Waals surface area contributed by atoms with Gasteiger partial charge in [0, 0.05) is 31.6 Å². The van der Waals surface area contributed by atoms with E-state index in [-0.39, 0.29) is 11.2 Å². The molecule has 1 fully saturated rings. The number of para-hydroxylation sites is 1. The summed E-state index contributed by atoms with van der Waals surface area (Å²) in [5, 5.41) is 1.75. The number of carbonyl (C=O) groups excluding carboxylic acids is 1. The second-order valence-corrected chi connectivity index (χ2v) is 7.05. The zero-order chi connectivity index (χ0) is 16.2. The van der Waals surface area contributed by atoms with Crippen LogP contribution in [0.2, 0.25) is 0 Å². The molecular weight excluding hydrogens is 308 g/mol. The molecule has 6 heteroatoms. The van der Waals surface area contributed by atoms with Crippen LogP contribution in [0.1, 0.15) is 13.8 Å². The molecule has 1 aromatic carbocycles. The molecule has 3 rings (SSSR count). The second kappa shape index (κ2) is 7.27. The number of amides is 1. The number of piperazine rings is 1. The van der Waals surface area contributed by atoms with E-state index in [9.17, 15) is 4.79 Å². The van der Waals surface area contributed by atoms with Crippen molar-refractivity contribution in [3.63, 3.8) is 0 Å². The molecule has 0 saturated carbocycles. The molecule has 0 radical (unpaired) electrons. The third-order valence-electron chi connectivity index (χ3n) is 4.27. The molecule has 1 amide bonds. The predicted molar refractivity (Wildman–Crippen MR) is 93.6 cm³/mol. The first-order valence-corrected chi connectivity index (χ1v) is 8.94. The fourth-order valence-electron chi connectivity index (χ4n) is 2.83. The van der Waals surface area contributed by atoms with Crippen molar-refractivity contribution in [2.45, 2.75) is 24.1 Å². The Kier molecular flexibility index (Phi) is 5.13. The van der Waals surface area contributed by atoms with Crippen LogP contribution in [-0.2, 0) is 4.79 Å². The maximum absolute atomic E-state index is 12.7. The summed E-state index contributed by atoms with van der Waals surface area (Å²) in [6, 6.07) is 7.92. The van der Waals surface area contributed by atoms with Gasteiger partial charge in [-0.3, -0.25) is 4.79 Å². The van der Waals surface area contributed by atoms with E-state index >= 15 is 0 Å². The van der Waals surface area contributed by atoms with Gasteiger partial charge in [-0.05, 0) is 19.5 Å². The van der Waals surface area contributed by atoms with Gasteiger partial charge in [0.1, 0.15) is 11.4 Å². The molecule has 5 nitrogen and oxygen atoms in total. The molecule has 1 atom stereocenters. The molecule has 2 aromatic rings. The van der Waals surface area contributed by atoms with E-state index in [2.05, 4.69) is 21.8 Å². The molecule has 2 heterocycles. The van der Waals surface area contributed by atoms with Crippen LogP contribution in [0.15, 0.2) is 35.6 Å². The quantitative estimate of drug-likeness (QED) is 0.636. The SMILES string of the molecule is CCN1CCN(C(=O)[C@H](C)Sc2ncnc3ccccc23)CC1. The highest BCUT2D eigenvalue weighted by Gasteiger charge is 2.25. The number of rotatable bonds is 4. The van der Waals surface area contributed by atoms with Crippen molar-refractivity contribution in [2.75, 3.05) is 32.7 Å². The minimum atomic E-state index is -0.138. The number of hydrogen-bond donors (Lipinski definition) is 0. The van der Waals surface area contributed by atoms with Crippen LogP contribution < -0.4 is 0 Å². The first-order chi connectivity index (χ1) is 11.2. The number of benzene rings is 1. The lowest BCUT2D eigenvalue weighted by molar-refractivity contribution is -0.132. The lowest BCUT2D eigenvalue weighted by atomic mass is 10.2. The molecule has 122 valence electrons. The van der Waals surface area contributed by atoms with E-state index < -0.39 is 0 Å². The predicted octanol–water partition coefficient (Wildman–Crippen LogP) is 2.27. The van der Waals surface area contributed by atoms with Crippen LogP contribution in [0.4, 0.5) is 0 Å². The van der Waals surface area contributed by atoms with Crippen LogP contribution in [-0.4, -0.2) is 63.6 Å². The van der Waals surface area contributed by atoms with Crippen molar-refractivity contribution < 1.29 is 4.79 Å². The van der Waals surface area contributed by atoms with Gasteiger partial charge in [-0.15, -0.1) is 0 Å². The number of hydrogen-bond acceptors (Lipinski definition) is 5. The van der Waals surface area contributed by atoms with Gasteiger partial charge in [-0.25, -0.2) is 9.97 Å². The Morgan fingerprint density at radius 2 is 1.96 bits per heavy atom.